The van der Waals surface area contributed by atoms with Gasteiger partial charge in [0.1, 0.15) is 6.10 Å². The Morgan fingerprint density at radius 1 is 1.60 bits per heavy atom. The first-order valence-corrected chi connectivity index (χ1v) is 6.52. The number of ether oxygens (including phenoxy) is 1. The van der Waals surface area contributed by atoms with Crippen molar-refractivity contribution in [3.8, 4) is 5.19 Å². The molecule has 1 aromatic heterocycles. The Kier molecular flexibility index (Phi) is 3.59. The van der Waals surface area contributed by atoms with E-state index in [4.69, 9.17) is 10.5 Å². The molecule has 2 atom stereocenters. The highest BCUT2D eigenvalue weighted by atomic mass is 32.1. The average molecular weight is 226 g/mol. The van der Waals surface area contributed by atoms with Crippen LogP contribution in [0.4, 0.5) is 0 Å². The minimum atomic E-state index is 0.282. The van der Waals surface area contributed by atoms with Gasteiger partial charge >= 0.3 is 0 Å². The van der Waals surface area contributed by atoms with Crippen LogP contribution in [0.25, 0.3) is 0 Å². The number of aryl methyl sites for hydroxylation is 1. The third-order valence-corrected chi connectivity index (χ3v) is 3.61. The van der Waals surface area contributed by atoms with Gasteiger partial charge in [0.25, 0.3) is 5.19 Å². The fourth-order valence-corrected chi connectivity index (χ4v) is 2.75. The molecule has 2 unspecified atom stereocenters. The molecule has 1 aliphatic rings. The van der Waals surface area contributed by atoms with Gasteiger partial charge in [-0.05, 0) is 32.1 Å². The lowest BCUT2D eigenvalue weighted by Gasteiger charge is -2.26. The molecule has 1 fully saturated rings. The zero-order chi connectivity index (χ0) is 10.7. The maximum absolute atomic E-state index is 5.91. The lowest BCUT2D eigenvalue weighted by atomic mass is 9.94. The van der Waals surface area contributed by atoms with E-state index in [9.17, 15) is 0 Å². The topological polar surface area (TPSA) is 48.1 Å². The molecule has 0 spiro atoms. The first-order chi connectivity index (χ1) is 7.28. The van der Waals surface area contributed by atoms with E-state index < -0.39 is 0 Å². The second kappa shape index (κ2) is 4.94. The van der Waals surface area contributed by atoms with Crippen LogP contribution in [0.1, 0.15) is 38.3 Å². The summed E-state index contributed by atoms with van der Waals surface area (Å²) < 4.78 is 5.84. The van der Waals surface area contributed by atoms with Crippen LogP contribution >= 0.6 is 11.3 Å². The number of rotatable bonds is 3. The summed E-state index contributed by atoms with van der Waals surface area (Å²) in [5.74, 6) is 0. The van der Waals surface area contributed by atoms with Crippen molar-refractivity contribution in [2.45, 2.75) is 51.2 Å². The summed E-state index contributed by atoms with van der Waals surface area (Å²) in [7, 11) is 0. The van der Waals surface area contributed by atoms with Crippen molar-refractivity contribution in [3.05, 3.63) is 11.1 Å². The van der Waals surface area contributed by atoms with Crippen LogP contribution in [0.15, 0.2) is 5.38 Å². The van der Waals surface area contributed by atoms with E-state index in [-0.39, 0.29) is 6.10 Å². The number of hydrogen-bond acceptors (Lipinski definition) is 4. The Bertz CT molecular complexity index is 313. The quantitative estimate of drug-likeness (QED) is 0.860. The molecule has 0 aliphatic heterocycles. The lowest BCUT2D eigenvalue weighted by molar-refractivity contribution is 0.144. The first-order valence-electron chi connectivity index (χ1n) is 5.64. The predicted molar refractivity (Wildman–Crippen MR) is 62.4 cm³/mol. The average Bonchev–Trinajstić information content (AvgIpc) is 2.65. The molecule has 1 aromatic rings. The maximum atomic E-state index is 5.91. The normalized spacial score (nSPS) is 26.5. The van der Waals surface area contributed by atoms with Crippen LogP contribution in [0, 0.1) is 0 Å². The molecule has 1 saturated carbocycles. The van der Waals surface area contributed by atoms with Gasteiger partial charge in [-0.2, -0.15) is 0 Å². The van der Waals surface area contributed by atoms with Crippen molar-refractivity contribution in [2.75, 3.05) is 0 Å². The Morgan fingerprint density at radius 2 is 2.47 bits per heavy atom. The largest absolute Gasteiger partial charge is 0.467 e. The minimum absolute atomic E-state index is 0.282. The second-order valence-electron chi connectivity index (χ2n) is 4.12. The number of aromatic nitrogens is 1. The van der Waals surface area contributed by atoms with E-state index >= 15 is 0 Å². The Morgan fingerprint density at radius 3 is 3.13 bits per heavy atom. The summed E-state index contributed by atoms with van der Waals surface area (Å²) >= 11 is 1.59. The van der Waals surface area contributed by atoms with Crippen LogP contribution in [-0.4, -0.2) is 17.1 Å². The highest BCUT2D eigenvalue weighted by Crippen LogP contribution is 2.25. The molecule has 0 radical (unpaired) electrons. The molecule has 4 heteroatoms. The van der Waals surface area contributed by atoms with Gasteiger partial charge in [0.2, 0.25) is 0 Å². The highest BCUT2D eigenvalue weighted by Gasteiger charge is 2.21. The summed E-state index contributed by atoms with van der Waals surface area (Å²) in [4.78, 5) is 4.40. The molecule has 2 rings (SSSR count). The van der Waals surface area contributed by atoms with Crippen molar-refractivity contribution in [1.82, 2.24) is 4.98 Å². The Labute approximate surface area is 94.7 Å². The Balaban J connectivity index is 1.90. The van der Waals surface area contributed by atoms with Crippen LogP contribution < -0.4 is 10.5 Å². The number of hydrogen-bond donors (Lipinski definition) is 1. The van der Waals surface area contributed by atoms with Gasteiger partial charge in [-0.25, -0.2) is 4.98 Å². The van der Waals surface area contributed by atoms with Gasteiger partial charge in [-0.1, -0.05) is 18.3 Å². The molecule has 0 bridgehead atoms. The van der Waals surface area contributed by atoms with Crippen molar-refractivity contribution >= 4 is 11.3 Å². The first kappa shape index (κ1) is 10.9. The van der Waals surface area contributed by atoms with Gasteiger partial charge in [0.15, 0.2) is 0 Å². The summed E-state index contributed by atoms with van der Waals surface area (Å²) in [5, 5.41) is 2.88. The highest BCUT2D eigenvalue weighted by molar-refractivity contribution is 7.11. The molecule has 1 aliphatic carbocycles. The van der Waals surface area contributed by atoms with Crippen LogP contribution in [0.5, 0.6) is 5.19 Å². The van der Waals surface area contributed by atoms with Crippen LogP contribution in [-0.2, 0) is 6.42 Å². The molecule has 1 heterocycles. The fraction of sp³-hybridized carbons (Fsp3) is 0.727. The maximum Gasteiger partial charge on any atom is 0.273 e. The Hall–Kier alpha value is -0.610. The molecule has 15 heavy (non-hydrogen) atoms. The predicted octanol–water partition coefficient (Wildman–Crippen LogP) is 2.35. The second-order valence-corrected chi connectivity index (χ2v) is 4.95. The van der Waals surface area contributed by atoms with Gasteiger partial charge in [-0.3, -0.25) is 0 Å². The number of thiazole rings is 1. The molecular formula is C11H18N2OS. The SMILES string of the molecule is CCc1csc(OC2CCCC(N)C2)n1. The van der Waals surface area contributed by atoms with Crippen LogP contribution in [0.2, 0.25) is 0 Å². The molecule has 2 N–H and O–H groups in total. The van der Waals surface area contributed by atoms with Gasteiger partial charge in [-0.15, -0.1) is 0 Å². The molecule has 3 nitrogen and oxygen atoms in total. The van der Waals surface area contributed by atoms with Crippen molar-refractivity contribution in [3.63, 3.8) is 0 Å². The zero-order valence-electron chi connectivity index (χ0n) is 9.11. The summed E-state index contributed by atoms with van der Waals surface area (Å²) in [6, 6.07) is 0.314. The molecular weight excluding hydrogens is 208 g/mol. The van der Waals surface area contributed by atoms with Crippen molar-refractivity contribution in [2.24, 2.45) is 5.73 Å². The van der Waals surface area contributed by atoms with Gasteiger partial charge in [0, 0.05) is 11.4 Å². The zero-order valence-corrected chi connectivity index (χ0v) is 9.93. The molecule has 0 amide bonds. The molecule has 0 aromatic carbocycles. The van der Waals surface area contributed by atoms with E-state index in [0.717, 1.165) is 36.6 Å². The van der Waals surface area contributed by atoms with Crippen molar-refractivity contribution in [1.29, 1.82) is 0 Å². The standard InChI is InChI=1S/C11H18N2OS/c1-2-9-7-15-11(13-9)14-10-5-3-4-8(12)6-10/h7-8,10H,2-6,12H2,1H3. The van der Waals surface area contributed by atoms with E-state index in [1.807, 2.05) is 0 Å². The monoisotopic (exact) mass is 226 g/mol. The van der Waals surface area contributed by atoms with E-state index in [2.05, 4.69) is 17.3 Å². The third-order valence-electron chi connectivity index (χ3n) is 2.83. The number of nitrogens with zero attached hydrogens (tertiary/aromatic N) is 1. The van der Waals surface area contributed by atoms with Gasteiger partial charge < -0.3 is 10.5 Å². The number of nitrogens with two attached hydrogens (primary N) is 1. The minimum Gasteiger partial charge on any atom is -0.467 e. The summed E-state index contributed by atoms with van der Waals surface area (Å²) in [6.45, 7) is 2.11. The third kappa shape index (κ3) is 2.92. The lowest BCUT2D eigenvalue weighted by Crippen LogP contribution is -2.33. The summed E-state index contributed by atoms with van der Waals surface area (Å²) in [5.41, 5.74) is 7.03. The van der Waals surface area contributed by atoms with E-state index in [0.29, 0.717) is 6.04 Å². The van der Waals surface area contributed by atoms with Crippen LogP contribution in [0.3, 0.4) is 0 Å². The van der Waals surface area contributed by atoms with Crippen molar-refractivity contribution < 1.29 is 4.74 Å². The van der Waals surface area contributed by atoms with Gasteiger partial charge in [0.05, 0.1) is 5.69 Å². The molecule has 84 valence electrons. The fourth-order valence-electron chi connectivity index (χ4n) is 1.94. The van der Waals surface area contributed by atoms with E-state index in [1.165, 1.54) is 6.42 Å². The smallest absolute Gasteiger partial charge is 0.273 e. The van der Waals surface area contributed by atoms with E-state index in [1.54, 1.807) is 11.3 Å². The summed E-state index contributed by atoms with van der Waals surface area (Å²) in [6.07, 6.45) is 5.67. The molecule has 0 saturated heterocycles.